The molecule has 1 aliphatic rings. The Balaban J connectivity index is 1.73. The van der Waals surface area contributed by atoms with Gasteiger partial charge >= 0.3 is 12.1 Å². The standard InChI is InChI=1S/C20H19F3N2O4S2/c1-4-29-19(28)16-9(2)10(3)30-18(16)25-15(26)8-14-17(27)24-12-7-11(20(21,22)23)5-6-13(12)31-14/h5-7,14H,4,8H2,1-3H3,(H,24,27)(H,25,26)/t14-/m1/s1. The minimum Gasteiger partial charge on any atom is -0.462 e. The Labute approximate surface area is 184 Å². The van der Waals surface area contributed by atoms with Gasteiger partial charge in [0.25, 0.3) is 0 Å². The zero-order valence-electron chi connectivity index (χ0n) is 16.8. The number of rotatable bonds is 5. The van der Waals surface area contributed by atoms with Crippen LogP contribution in [0.5, 0.6) is 0 Å². The van der Waals surface area contributed by atoms with Crippen molar-refractivity contribution in [3.05, 3.63) is 39.8 Å². The molecule has 2 amide bonds. The van der Waals surface area contributed by atoms with Crippen LogP contribution in [-0.2, 0) is 20.5 Å². The van der Waals surface area contributed by atoms with Crippen LogP contribution < -0.4 is 10.6 Å². The first-order valence-electron chi connectivity index (χ1n) is 9.27. The van der Waals surface area contributed by atoms with Crippen LogP contribution in [0.3, 0.4) is 0 Å². The van der Waals surface area contributed by atoms with Crippen LogP contribution in [-0.4, -0.2) is 29.6 Å². The van der Waals surface area contributed by atoms with Gasteiger partial charge in [-0.2, -0.15) is 13.2 Å². The largest absolute Gasteiger partial charge is 0.462 e. The van der Waals surface area contributed by atoms with Gasteiger partial charge in [-0.15, -0.1) is 23.1 Å². The van der Waals surface area contributed by atoms with Crippen LogP contribution >= 0.6 is 23.1 Å². The second-order valence-corrected chi connectivity index (χ2v) is 9.23. The normalized spacial score (nSPS) is 15.8. The highest BCUT2D eigenvalue weighted by Gasteiger charge is 2.34. The van der Waals surface area contributed by atoms with Crippen molar-refractivity contribution < 1.29 is 32.3 Å². The molecule has 0 fully saturated rings. The SMILES string of the molecule is CCOC(=O)c1c(NC(=O)C[C@H]2Sc3ccc(C(F)(F)F)cc3NC2=O)sc(C)c1C. The molecule has 0 radical (unpaired) electrons. The van der Waals surface area contributed by atoms with E-state index in [1.54, 1.807) is 13.8 Å². The predicted octanol–water partition coefficient (Wildman–Crippen LogP) is 5.00. The number of hydrogen-bond donors (Lipinski definition) is 2. The monoisotopic (exact) mass is 472 g/mol. The van der Waals surface area contributed by atoms with Crippen molar-refractivity contribution in [2.24, 2.45) is 0 Å². The number of aryl methyl sites for hydroxylation is 1. The number of hydrogen-bond acceptors (Lipinski definition) is 6. The molecule has 0 spiro atoms. The van der Waals surface area contributed by atoms with Gasteiger partial charge < -0.3 is 15.4 Å². The molecule has 11 heteroatoms. The van der Waals surface area contributed by atoms with Crippen LogP contribution in [0.25, 0.3) is 0 Å². The molecule has 2 heterocycles. The van der Waals surface area contributed by atoms with Gasteiger partial charge in [0, 0.05) is 16.2 Å². The fourth-order valence-corrected chi connectivity index (χ4v) is 5.13. The van der Waals surface area contributed by atoms with E-state index in [2.05, 4.69) is 10.6 Å². The highest BCUT2D eigenvalue weighted by atomic mass is 32.2. The highest BCUT2D eigenvalue weighted by molar-refractivity contribution is 8.01. The van der Waals surface area contributed by atoms with Crippen molar-refractivity contribution in [2.45, 2.75) is 43.5 Å². The zero-order valence-corrected chi connectivity index (χ0v) is 18.4. The summed E-state index contributed by atoms with van der Waals surface area (Å²) in [6.07, 6.45) is -4.73. The van der Waals surface area contributed by atoms with Crippen molar-refractivity contribution in [3.63, 3.8) is 0 Å². The Kier molecular flexibility index (Phi) is 6.65. The summed E-state index contributed by atoms with van der Waals surface area (Å²) in [5.41, 5.74) is 0.190. The van der Waals surface area contributed by atoms with E-state index in [1.165, 1.54) is 17.4 Å². The van der Waals surface area contributed by atoms with Crippen LogP contribution in [0.15, 0.2) is 23.1 Å². The van der Waals surface area contributed by atoms with Crippen LogP contribution in [0.2, 0.25) is 0 Å². The van der Waals surface area contributed by atoms with Crippen molar-refractivity contribution in [1.29, 1.82) is 0 Å². The molecule has 1 aromatic heterocycles. The van der Waals surface area contributed by atoms with E-state index < -0.39 is 34.8 Å². The maximum absolute atomic E-state index is 12.9. The number of thiophene rings is 1. The van der Waals surface area contributed by atoms with Gasteiger partial charge in [0.1, 0.15) is 5.00 Å². The number of benzene rings is 1. The van der Waals surface area contributed by atoms with E-state index in [1.807, 2.05) is 6.92 Å². The molecule has 1 aliphatic heterocycles. The maximum Gasteiger partial charge on any atom is 0.416 e. The van der Waals surface area contributed by atoms with Gasteiger partial charge in [-0.25, -0.2) is 4.79 Å². The molecule has 0 bridgehead atoms. The topological polar surface area (TPSA) is 84.5 Å². The zero-order chi connectivity index (χ0) is 22.9. The van der Waals surface area contributed by atoms with E-state index in [4.69, 9.17) is 4.74 Å². The summed E-state index contributed by atoms with van der Waals surface area (Å²) in [4.78, 5) is 38.5. The highest BCUT2D eigenvalue weighted by Crippen LogP contribution is 2.41. The fraction of sp³-hybridized carbons (Fsp3) is 0.350. The fourth-order valence-electron chi connectivity index (χ4n) is 2.97. The molecule has 6 nitrogen and oxygen atoms in total. The second-order valence-electron chi connectivity index (χ2n) is 6.76. The number of nitrogens with one attached hydrogen (secondary N) is 2. The van der Waals surface area contributed by atoms with Gasteiger partial charge in [0.05, 0.1) is 28.7 Å². The number of thioether (sulfide) groups is 1. The van der Waals surface area contributed by atoms with Crippen molar-refractivity contribution >= 4 is 51.6 Å². The quantitative estimate of drug-likeness (QED) is 0.598. The lowest BCUT2D eigenvalue weighted by Crippen LogP contribution is -2.32. The van der Waals surface area contributed by atoms with E-state index in [0.717, 1.165) is 28.8 Å². The first kappa shape index (κ1) is 23.1. The lowest BCUT2D eigenvalue weighted by atomic mass is 10.1. The lowest BCUT2D eigenvalue weighted by molar-refractivity contribution is -0.137. The summed E-state index contributed by atoms with van der Waals surface area (Å²) in [7, 11) is 0. The smallest absolute Gasteiger partial charge is 0.416 e. The Morgan fingerprint density at radius 3 is 2.61 bits per heavy atom. The van der Waals surface area contributed by atoms with E-state index >= 15 is 0 Å². The van der Waals surface area contributed by atoms with E-state index in [0.29, 0.717) is 15.5 Å². The third-order valence-electron chi connectivity index (χ3n) is 4.62. The lowest BCUT2D eigenvalue weighted by Gasteiger charge is -2.24. The molecule has 2 N–H and O–H groups in total. The molecule has 166 valence electrons. The van der Waals surface area contributed by atoms with Gasteiger partial charge in [-0.1, -0.05) is 0 Å². The Bertz CT molecular complexity index is 1050. The molecule has 31 heavy (non-hydrogen) atoms. The second kappa shape index (κ2) is 8.91. The third kappa shape index (κ3) is 5.04. The molecular formula is C20H19F3N2O4S2. The maximum atomic E-state index is 12.9. The molecule has 1 atom stereocenters. The van der Waals surface area contributed by atoms with Gasteiger partial charge in [0.15, 0.2) is 0 Å². The number of alkyl halides is 3. The average molecular weight is 473 g/mol. The summed E-state index contributed by atoms with van der Waals surface area (Å²) in [6, 6.07) is 3.08. The number of carbonyl (C=O) groups is 3. The number of esters is 1. The summed E-state index contributed by atoms with van der Waals surface area (Å²) >= 11 is 2.25. The summed E-state index contributed by atoms with van der Waals surface area (Å²) in [5, 5.41) is 4.63. The molecule has 0 unspecified atom stereocenters. The summed E-state index contributed by atoms with van der Waals surface area (Å²) in [5.74, 6) is -1.59. The molecule has 0 aliphatic carbocycles. The van der Waals surface area contributed by atoms with E-state index in [-0.39, 0.29) is 24.3 Å². The Morgan fingerprint density at radius 1 is 1.26 bits per heavy atom. The van der Waals surface area contributed by atoms with Crippen molar-refractivity contribution in [2.75, 3.05) is 17.2 Å². The molecular weight excluding hydrogens is 453 g/mol. The summed E-state index contributed by atoms with van der Waals surface area (Å²) < 4.78 is 43.7. The number of ether oxygens (including phenoxy) is 1. The number of halogens is 3. The molecule has 3 rings (SSSR count). The summed E-state index contributed by atoms with van der Waals surface area (Å²) in [6.45, 7) is 5.44. The van der Waals surface area contributed by atoms with Gasteiger partial charge in [-0.3, -0.25) is 9.59 Å². The first-order chi connectivity index (χ1) is 14.5. The number of amides is 2. The van der Waals surface area contributed by atoms with Crippen molar-refractivity contribution in [3.8, 4) is 0 Å². The van der Waals surface area contributed by atoms with Crippen molar-refractivity contribution in [1.82, 2.24) is 0 Å². The minimum atomic E-state index is -4.52. The molecule has 1 aromatic carbocycles. The predicted molar refractivity (Wildman–Crippen MR) is 113 cm³/mol. The average Bonchev–Trinajstić information content (AvgIpc) is 2.94. The molecule has 0 saturated carbocycles. The van der Waals surface area contributed by atoms with Crippen LogP contribution in [0, 0.1) is 13.8 Å². The first-order valence-corrected chi connectivity index (χ1v) is 11.0. The minimum absolute atomic E-state index is 0.0654. The number of fused-ring (bicyclic) bond motifs is 1. The Morgan fingerprint density at radius 2 is 1.97 bits per heavy atom. The third-order valence-corrected chi connectivity index (χ3v) is 7.01. The molecule has 0 saturated heterocycles. The number of anilines is 2. The van der Waals surface area contributed by atoms with E-state index in [9.17, 15) is 27.6 Å². The van der Waals surface area contributed by atoms with Gasteiger partial charge in [-0.05, 0) is 44.5 Å². The Hall–Kier alpha value is -2.53. The van der Waals surface area contributed by atoms with Crippen LogP contribution in [0.1, 0.15) is 39.7 Å². The van der Waals surface area contributed by atoms with Gasteiger partial charge in [0.2, 0.25) is 11.8 Å². The van der Waals surface area contributed by atoms with Crippen LogP contribution in [0.4, 0.5) is 23.9 Å². The molecule has 2 aromatic rings. The number of carbonyl (C=O) groups excluding carboxylic acids is 3.